The molecule has 1 amide bonds. The first-order chi connectivity index (χ1) is 16.4. The number of nitrogens with zero attached hydrogens (tertiary/aromatic N) is 4. The minimum Gasteiger partial charge on any atom is -0.353 e. The first kappa shape index (κ1) is 23.6. The number of nitro groups is 1. The lowest BCUT2D eigenvalue weighted by Crippen LogP contribution is -2.45. The van der Waals surface area contributed by atoms with Gasteiger partial charge in [-0.3, -0.25) is 14.9 Å². The lowest BCUT2D eigenvalue weighted by molar-refractivity contribution is -0.384. The summed E-state index contributed by atoms with van der Waals surface area (Å²) in [7, 11) is 0. The zero-order valence-corrected chi connectivity index (χ0v) is 19.7. The maximum Gasteiger partial charge on any atom is 0.269 e. The van der Waals surface area contributed by atoms with Crippen molar-refractivity contribution in [2.75, 3.05) is 19.6 Å². The average molecular weight is 462 g/mol. The number of hydrogen-bond acceptors (Lipinski definition) is 5. The Kier molecular flexibility index (Phi) is 7.37. The highest BCUT2D eigenvalue weighted by atomic mass is 16.6. The van der Waals surface area contributed by atoms with Crippen LogP contribution in [0.15, 0.2) is 60.8 Å². The third-order valence-electron chi connectivity index (χ3n) is 6.09. The largest absolute Gasteiger partial charge is 0.353 e. The third-order valence-corrected chi connectivity index (χ3v) is 6.09. The summed E-state index contributed by atoms with van der Waals surface area (Å²) in [4.78, 5) is 26.0. The number of benzene rings is 2. The van der Waals surface area contributed by atoms with Gasteiger partial charge in [0.25, 0.3) is 5.69 Å². The van der Waals surface area contributed by atoms with Gasteiger partial charge in [-0.2, -0.15) is 5.10 Å². The Morgan fingerprint density at radius 3 is 2.41 bits per heavy atom. The fraction of sp³-hybridized carbons (Fsp3) is 0.385. The molecule has 34 heavy (non-hydrogen) atoms. The number of para-hydroxylation sites is 1. The fourth-order valence-corrected chi connectivity index (χ4v) is 4.46. The van der Waals surface area contributed by atoms with Crippen LogP contribution in [0.1, 0.15) is 32.3 Å². The molecular formula is C26H31N5O3. The molecule has 4 rings (SSSR count). The summed E-state index contributed by atoms with van der Waals surface area (Å²) in [5, 5.41) is 19.0. The number of carbonyl (C=O) groups excluding carboxylic acids is 1. The molecule has 1 aromatic heterocycles. The van der Waals surface area contributed by atoms with Crippen molar-refractivity contribution in [3.8, 4) is 16.9 Å². The Morgan fingerprint density at radius 1 is 1.12 bits per heavy atom. The van der Waals surface area contributed by atoms with Crippen LogP contribution in [-0.2, 0) is 11.2 Å². The number of carbonyl (C=O) groups is 1. The summed E-state index contributed by atoms with van der Waals surface area (Å²) >= 11 is 0. The topological polar surface area (TPSA) is 93.3 Å². The van der Waals surface area contributed by atoms with Crippen molar-refractivity contribution in [2.24, 2.45) is 5.92 Å². The van der Waals surface area contributed by atoms with Gasteiger partial charge < -0.3 is 10.2 Å². The molecule has 1 fully saturated rings. The molecule has 0 radical (unpaired) electrons. The molecule has 8 heteroatoms. The number of piperidine rings is 1. The molecular weight excluding hydrogens is 430 g/mol. The van der Waals surface area contributed by atoms with Crippen molar-refractivity contribution in [3.05, 3.63) is 76.5 Å². The Morgan fingerprint density at radius 2 is 1.79 bits per heavy atom. The maximum absolute atomic E-state index is 13.0. The average Bonchev–Trinajstić information content (AvgIpc) is 3.24. The Labute approximate surface area is 199 Å². The van der Waals surface area contributed by atoms with Crippen LogP contribution in [0.25, 0.3) is 16.9 Å². The lowest BCUT2D eigenvalue weighted by atomic mass is 10.0. The van der Waals surface area contributed by atoms with Gasteiger partial charge in [0.1, 0.15) is 0 Å². The highest BCUT2D eigenvalue weighted by Gasteiger charge is 2.22. The van der Waals surface area contributed by atoms with Gasteiger partial charge >= 0.3 is 0 Å². The van der Waals surface area contributed by atoms with E-state index in [0.29, 0.717) is 11.6 Å². The Bertz CT molecular complexity index is 1120. The van der Waals surface area contributed by atoms with E-state index in [4.69, 9.17) is 5.10 Å². The number of aromatic nitrogens is 2. The second kappa shape index (κ2) is 10.6. The minimum absolute atomic E-state index is 0.0225. The number of nitro benzene ring substituents is 1. The van der Waals surface area contributed by atoms with Crippen molar-refractivity contribution in [1.29, 1.82) is 0 Å². The maximum atomic E-state index is 13.0. The van der Waals surface area contributed by atoms with E-state index in [2.05, 4.69) is 24.1 Å². The highest BCUT2D eigenvalue weighted by molar-refractivity contribution is 5.81. The zero-order valence-electron chi connectivity index (χ0n) is 19.7. The predicted octanol–water partition coefficient (Wildman–Crippen LogP) is 4.23. The molecule has 0 aliphatic carbocycles. The quantitative estimate of drug-likeness (QED) is 0.400. The van der Waals surface area contributed by atoms with E-state index in [1.165, 1.54) is 12.1 Å². The lowest BCUT2D eigenvalue weighted by Gasteiger charge is -2.33. The summed E-state index contributed by atoms with van der Waals surface area (Å²) < 4.78 is 1.75. The van der Waals surface area contributed by atoms with Crippen molar-refractivity contribution in [2.45, 2.75) is 39.2 Å². The molecule has 1 N–H and O–H groups in total. The fourth-order valence-electron chi connectivity index (χ4n) is 4.46. The van der Waals surface area contributed by atoms with Crippen LogP contribution in [-0.4, -0.2) is 51.2 Å². The predicted molar refractivity (Wildman–Crippen MR) is 132 cm³/mol. The number of nitrogens with one attached hydrogen (secondary N) is 1. The van der Waals surface area contributed by atoms with Gasteiger partial charge in [-0.15, -0.1) is 0 Å². The zero-order chi connectivity index (χ0) is 24.1. The van der Waals surface area contributed by atoms with Crippen LogP contribution in [0.5, 0.6) is 0 Å². The van der Waals surface area contributed by atoms with Gasteiger partial charge in [-0.25, -0.2) is 4.68 Å². The first-order valence-corrected chi connectivity index (χ1v) is 11.8. The third kappa shape index (κ3) is 5.88. The molecule has 0 atom stereocenters. The molecule has 0 bridgehead atoms. The van der Waals surface area contributed by atoms with Crippen molar-refractivity contribution in [1.82, 2.24) is 20.0 Å². The van der Waals surface area contributed by atoms with Crippen LogP contribution in [0.4, 0.5) is 5.69 Å². The number of amides is 1. The molecule has 178 valence electrons. The van der Waals surface area contributed by atoms with E-state index in [0.717, 1.165) is 49.3 Å². The molecule has 0 unspecified atom stereocenters. The van der Waals surface area contributed by atoms with Gasteiger partial charge in [0.15, 0.2) is 0 Å². The van der Waals surface area contributed by atoms with Crippen LogP contribution in [0.3, 0.4) is 0 Å². The van der Waals surface area contributed by atoms with Gasteiger partial charge in [-0.1, -0.05) is 32.0 Å². The van der Waals surface area contributed by atoms with Crippen molar-refractivity contribution in [3.63, 3.8) is 0 Å². The van der Waals surface area contributed by atoms with E-state index >= 15 is 0 Å². The summed E-state index contributed by atoms with van der Waals surface area (Å²) in [6, 6.07) is 16.2. The summed E-state index contributed by atoms with van der Waals surface area (Å²) in [6.07, 6.45) is 3.98. The molecule has 2 heterocycles. The smallest absolute Gasteiger partial charge is 0.269 e. The number of rotatable bonds is 8. The van der Waals surface area contributed by atoms with Gasteiger partial charge in [0, 0.05) is 55.1 Å². The van der Waals surface area contributed by atoms with Crippen LogP contribution >= 0.6 is 0 Å². The second-order valence-electron chi connectivity index (χ2n) is 9.30. The summed E-state index contributed by atoms with van der Waals surface area (Å²) in [5.74, 6) is 0.614. The Balaban J connectivity index is 1.50. The van der Waals surface area contributed by atoms with E-state index in [1.54, 1.807) is 16.8 Å². The molecule has 0 spiro atoms. The highest BCUT2D eigenvalue weighted by Crippen LogP contribution is 2.26. The summed E-state index contributed by atoms with van der Waals surface area (Å²) in [6.45, 7) is 7.56. The molecule has 0 saturated carbocycles. The van der Waals surface area contributed by atoms with Crippen molar-refractivity contribution >= 4 is 11.6 Å². The second-order valence-corrected chi connectivity index (χ2v) is 9.30. The first-order valence-electron chi connectivity index (χ1n) is 11.8. The van der Waals surface area contributed by atoms with E-state index in [-0.39, 0.29) is 24.1 Å². The summed E-state index contributed by atoms with van der Waals surface area (Å²) in [5.41, 5.74) is 3.09. The van der Waals surface area contributed by atoms with Crippen LogP contribution in [0, 0.1) is 16.0 Å². The number of non-ortho nitro benzene ring substituents is 1. The molecule has 1 aliphatic rings. The van der Waals surface area contributed by atoms with E-state index in [1.807, 2.05) is 36.5 Å². The van der Waals surface area contributed by atoms with Gasteiger partial charge in [-0.05, 0) is 43.0 Å². The van der Waals surface area contributed by atoms with Crippen molar-refractivity contribution < 1.29 is 9.72 Å². The number of hydrogen-bond donors (Lipinski definition) is 1. The molecule has 8 nitrogen and oxygen atoms in total. The van der Waals surface area contributed by atoms with Crippen LogP contribution < -0.4 is 5.32 Å². The Hall–Kier alpha value is -3.52. The van der Waals surface area contributed by atoms with Gasteiger partial charge in [0.05, 0.1) is 22.7 Å². The normalized spacial score (nSPS) is 14.9. The van der Waals surface area contributed by atoms with E-state index < -0.39 is 4.92 Å². The standard InChI is InChI=1S/C26H31N5O3/c1-19(2)17-29-14-12-22(13-15-29)27-25(32)16-21-18-30(23-6-4-3-5-7-23)28-26(21)20-8-10-24(11-9-20)31(33)34/h3-11,18-19,22H,12-17H2,1-2H3,(H,27,32). The molecule has 2 aromatic carbocycles. The van der Waals surface area contributed by atoms with E-state index in [9.17, 15) is 14.9 Å². The number of likely N-dealkylation sites (tertiary alicyclic amines) is 1. The van der Waals surface area contributed by atoms with Gasteiger partial charge in [0.2, 0.25) is 5.91 Å². The molecule has 3 aromatic rings. The monoisotopic (exact) mass is 461 g/mol. The van der Waals surface area contributed by atoms with Crippen LogP contribution in [0.2, 0.25) is 0 Å². The SMILES string of the molecule is CC(C)CN1CCC(NC(=O)Cc2cn(-c3ccccc3)nc2-c2ccc([N+](=O)[O-])cc2)CC1. The minimum atomic E-state index is -0.423. The molecule has 1 saturated heterocycles. The molecule has 1 aliphatic heterocycles.